The third-order valence-corrected chi connectivity index (χ3v) is 1.78. The van der Waals surface area contributed by atoms with Crippen molar-refractivity contribution in [1.29, 1.82) is 1.43 Å². The van der Waals surface area contributed by atoms with Gasteiger partial charge in [0.2, 0.25) is 0 Å². The Morgan fingerprint density at radius 2 is 1.94 bits per heavy atom. The second-order valence-corrected chi connectivity index (χ2v) is 3.21. The molecule has 0 aliphatic carbocycles. The van der Waals surface area contributed by atoms with Crippen molar-refractivity contribution in [3.05, 3.63) is 35.9 Å². The molecule has 0 amide bonds. The van der Waals surface area contributed by atoms with E-state index >= 15 is 0 Å². The second kappa shape index (κ2) is 8.26. The number of rotatable bonds is 4. The Balaban J connectivity index is 0.000000411. The summed E-state index contributed by atoms with van der Waals surface area (Å²) in [4.78, 5) is 20.0. The minimum absolute atomic E-state index is 0.219. The standard InChI is InChI=1S/C9H11NO2.C2H5NO2/c10-8(9(11)12)6-7-4-2-1-3-5-7;3-1-2(4)5/h1-5,8H,6,10H2,(H,11,12);1,3H2,(H,4,5)/t8-;/m0./s1/i/hD. The number of hydrogen-bond donors (Lipinski definition) is 4. The van der Waals surface area contributed by atoms with Gasteiger partial charge < -0.3 is 21.7 Å². The molecule has 0 heterocycles. The van der Waals surface area contributed by atoms with Crippen molar-refractivity contribution in [3.63, 3.8) is 0 Å². The van der Waals surface area contributed by atoms with E-state index in [0.717, 1.165) is 5.56 Å². The van der Waals surface area contributed by atoms with Crippen LogP contribution in [0.1, 0.15) is 5.56 Å². The van der Waals surface area contributed by atoms with Gasteiger partial charge in [-0.2, -0.15) is 0 Å². The summed E-state index contributed by atoms with van der Waals surface area (Å²) < 4.78 is 5.88. The zero-order valence-corrected chi connectivity index (χ0v) is 9.20. The highest BCUT2D eigenvalue weighted by atomic mass is 16.4. The van der Waals surface area contributed by atoms with Gasteiger partial charge in [0, 0.05) is 0 Å². The topological polar surface area (TPSA) is 127 Å². The maximum Gasteiger partial charge on any atom is 0.320 e. The van der Waals surface area contributed by atoms with Crippen molar-refractivity contribution in [2.45, 2.75) is 12.5 Å². The number of hydrogen-bond acceptors (Lipinski definition) is 5. The molecule has 1 aromatic rings. The lowest BCUT2D eigenvalue weighted by molar-refractivity contribution is -0.138. The Bertz CT molecular complexity index is 367. The van der Waals surface area contributed by atoms with Gasteiger partial charge in [0.1, 0.15) is 6.04 Å². The van der Waals surface area contributed by atoms with Gasteiger partial charge in [0.25, 0.3) is 1.43 Å². The lowest BCUT2D eigenvalue weighted by Gasteiger charge is -2.04. The Labute approximate surface area is 100 Å². The fraction of sp³-hybridized carbons (Fsp3) is 0.273. The molecule has 0 fully saturated rings. The molecule has 0 saturated heterocycles. The molecule has 6 N–H and O–H groups in total. The van der Waals surface area contributed by atoms with Crippen LogP contribution in [-0.2, 0) is 16.0 Å². The van der Waals surface area contributed by atoms with E-state index in [2.05, 4.69) is 10.8 Å². The second-order valence-electron chi connectivity index (χ2n) is 3.21. The Hall–Kier alpha value is -1.92. The van der Waals surface area contributed by atoms with Crippen molar-refractivity contribution in [2.24, 2.45) is 11.5 Å². The largest absolute Gasteiger partial charge is 0.480 e. The molecular weight excluding hydrogens is 224 g/mol. The van der Waals surface area contributed by atoms with Crippen LogP contribution < -0.4 is 11.5 Å². The molecule has 6 nitrogen and oxygen atoms in total. The van der Waals surface area contributed by atoms with Crippen LogP contribution in [0.5, 0.6) is 0 Å². The van der Waals surface area contributed by atoms with Crippen LogP contribution in [0.25, 0.3) is 1.43 Å². The van der Waals surface area contributed by atoms with E-state index < -0.39 is 18.0 Å². The van der Waals surface area contributed by atoms with Crippen LogP contribution in [-0.4, -0.2) is 34.7 Å². The molecule has 0 saturated carbocycles. The van der Waals surface area contributed by atoms with Crippen molar-refractivity contribution in [2.75, 3.05) is 6.54 Å². The summed E-state index contributed by atoms with van der Waals surface area (Å²) in [5.41, 5.74) is 11.0. The molecule has 0 aliphatic heterocycles. The predicted octanol–water partition coefficient (Wildman–Crippen LogP) is -0.329. The summed E-state index contributed by atoms with van der Waals surface area (Å²) in [7, 11) is 0. The molecule has 0 radical (unpaired) electrons. The highest BCUT2D eigenvalue weighted by Crippen LogP contribution is 2.01. The Morgan fingerprint density at radius 3 is 2.29 bits per heavy atom. The maximum absolute atomic E-state index is 10.4. The van der Waals surface area contributed by atoms with Gasteiger partial charge in [-0.25, -0.2) is 0 Å². The zero-order valence-electron chi connectivity index (χ0n) is 10.2. The maximum atomic E-state index is 10.4. The van der Waals surface area contributed by atoms with Gasteiger partial charge in [-0.1, -0.05) is 30.3 Å². The van der Waals surface area contributed by atoms with Gasteiger partial charge >= 0.3 is 11.9 Å². The lowest BCUT2D eigenvalue weighted by Crippen LogP contribution is -2.32. The molecule has 0 aliphatic rings. The molecule has 6 heteroatoms. The number of carboxylic acids is 2. The normalized spacial score (nSPS) is 11.5. The minimum Gasteiger partial charge on any atom is -0.480 e. The SMILES string of the molecule is N[C@@H](Cc1ccccc1)C(=O)O.[2H]OC(=O)CN. The number of carboxylic acid groups (broad SMARTS) is 2. The Kier molecular flexibility index (Phi) is 6.39. The molecule has 94 valence electrons. The smallest absolute Gasteiger partial charge is 0.320 e. The number of nitrogens with two attached hydrogens (primary N) is 2. The number of carbonyl (C=O) groups is 2. The van der Waals surface area contributed by atoms with E-state index in [1.165, 1.54) is 0 Å². The van der Waals surface area contributed by atoms with Gasteiger partial charge in [0.05, 0.1) is 6.54 Å². The molecule has 1 aromatic carbocycles. The highest BCUT2D eigenvalue weighted by Gasteiger charge is 2.10. The Morgan fingerprint density at radius 1 is 1.35 bits per heavy atom. The summed E-state index contributed by atoms with van der Waals surface area (Å²) in [5, 5.41) is 11.9. The average molecular weight is 241 g/mol. The first-order chi connectivity index (χ1) is 8.51. The molecule has 1 rings (SSSR count). The summed E-state index contributed by atoms with van der Waals surface area (Å²) in [6.45, 7) is -0.219. The van der Waals surface area contributed by atoms with Crippen LogP contribution in [0.2, 0.25) is 0 Å². The third-order valence-electron chi connectivity index (χ3n) is 1.78. The third kappa shape index (κ3) is 7.95. The first-order valence-corrected chi connectivity index (χ1v) is 4.89. The minimum atomic E-state index is -0.959. The van der Waals surface area contributed by atoms with Gasteiger partial charge in [-0.05, 0) is 12.0 Å². The highest BCUT2D eigenvalue weighted by molar-refractivity contribution is 5.73. The van der Waals surface area contributed by atoms with Crippen LogP contribution in [0.15, 0.2) is 30.3 Å². The summed E-state index contributed by atoms with van der Waals surface area (Å²) in [6, 6.07) is 8.54. The number of aliphatic carboxylic acids is 2. The molecule has 17 heavy (non-hydrogen) atoms. The van der Waals surface area contributed by atoms with Crippen LogP contribution >= 0.6 is 0 Å². The van der Waals surface area contributed by atoms with E-state index in [-0.39, 0.29) is 6.54 Å². The van der Waals surface area contributed by atoms with Crippen LogP contribution in [0, 0.1) is 0 Å². The zero-order chi connectivity index (χ0) is 14.0. The van der Waals surface area contributed by atoms with Gasteiger partial charge in [-0.3, -0.25) is 9.59 Å². The first-order valence-electron chi connectivity index (χ1n) is 5.30. The fourth-order valence-electron chi connectivity index (χ4n) is 0.955. The van der Waals surface area contributed by atoms with Crippen molar-refractivity contribution in [1.82, 2.24) is 0 Å². The van der Waals surface area contributed by atoms with E-state index in [4.69, 9.17) is 12.3 Å². The summed E-state index contributed by atoms with van der Waals surface area (Å²) in [6.07, 6.45) is 0.385. The van der Waals surface area contributed by atoms with E-state index in [1.807, 2.05) is 30.3 Å². The predicted molar refractivity (Wildman–Crippen MR) is 62.4 cm³/mol. The average Bonchev–Trinajstić information content (AvgIpc) is 2.39. The van der Waals surface area contributed by atoms with E-state index in [0.29, 0.717) is 6.42 Å². The first kappa shape index (κ1) is 13.1. The molecule has 1 atom stereocenters. The molecular formula is C11H16N2O4. The molecule has 0 unspecified atom stereocenters. The van der Waals surface area contributed by atoms with E-state index in [1.54, 1.807) is 0 Å². The van der Waals surface area contributed by atoms with Crippen LogP contribution in [0.3, 0.4) is 0 Å². The van der Waals surface area contributed by atoms with Crippen molar-refractivity contribution in [3.8, 4) is 0 Å². The number of benzene rings is 1. The van der Waals surface area contributed by atoms with E-state index in [9.17, 15) is 9.59 Å². The van der Waals surface area contributed by atoms with Crippen LogP contribution in [0.4, 0.5) is 0 Å². The lowest BCUT2D eigenvalue weighted by atomic mass is 10.1. The molecule has 0 bridgehead atoms. The van der Waals surface area contributed by atoms with Gasteiger partial charge in [0.15, 0.2) is 0 Å². The summed E-state index contributed by atoms with van der Waals surface area (Å²) >= 11 is 0. The molecule has 0 aromatic heterocycles. The quantitative estimate of drug-likeness (QED) is 0.571. The fourth-order valence-corrected chi connectivity index (χ4v) is 0.955. The van der Waals surface area contributed by atoms with Crippen molar-refractivity contribution < 1.29 is 19.8 Å². The summed E-state index contributed by atoms with van der Waals surface area (Å²) in [5.74, 6) is -1.67. The molecule has 0 spiro atoms. The van der Waals surface area contributed by atoms with Gasteiger partial charge in [-0.15, -0.1) is 0 Å². The van der Waals surface area contributed by atoms with Crippen molar-refractivity contribution >= 4 is 11.9 Å². The monoisotopic (exact) mass is 241 g/mol.